The zero-order valence-corrected chi connectivity index (χ0v) is 13.3. The van der Waals surface area contributed by atoms with Crippen molar-refractivity contribution in [3.05, 3.63) is 23.9 Å². The molecule has 0 bridgehead atoms. The first kappa shape index (κ1) is 17.2. The first-order chi connectivity index (χ1) is 9.90. The third-order valence-corrected chi connectivity index (χ3v) is 3.57. The molecular formula is C15H26N4O2. The van der Waals surface area contributed by atoms with Crippen LogP contribution in [0.5, 0.6) is 0 Å². The van der Waals surface area contributed by atoms with Crippen molar-refractivity contribution in [2.24, 2.45) is 0 Å². The molecule has 21 heavy (non-hydrogen) atoms. The molecule has 0 saturated heterocycles. The molecule has 1 rings (SSSR count). The Morgan fingerprint density at radius 1 is 1.29 bits per heavy atom. The summed E-state index contributed by atoms with van der Waals surface area (Å²) in [5, 5.41) is 15.5. The van der Waals surface area contributed by atoms with Crippen LogP contribution in [-0.4, -0.2) is 42.4 Å². The van der Waals surface area contributed by atoms with Crippen molar-refractivity contribution in [3.8, 4) is 0 Å². The summed E-state index contributed by atoms with van der Waals surface area (Å²) in [5.74, 6) is 0.848. The molecular weight excluding hydrogens is 268 g/mol. The highest BCUT2D eigenvalue weighted by Crippen LogP contribution is 2.12. The fraction of sp³-hybridized carbons (Fsp3) is 0.600. The number of hydrogen-bond donors (Lipinski definition) is 3. The summed E-state index contributed by atoms with van der Waals surface area (Å²) < 4.78 is 0. The van der Waals surface area contributed by atoms with E-state index in [-0.39, 0.29) is 12.6 Å². The summed E-state index contributed by atoms with van der Waals surface area (Å²) in [7, 11) is 3.84. The monoisotopic (exact) mass is 294 g/mol. The number of hydrogen-bond acceptors (Lipinski definition) is 4. The number of carbonyl (C=O) groups excluding carboxylic acids is 1. The Morgan fingerprint density at radius 3 is 2.52 bits per heavy atom. The SMILES string of the molecule is CCC(O)(CC)CNC(=O)NCc1cccc(N(C)C)n1. The van der Waals surface area contributed by atoms with Gasteiger partial charge in [-0.15, -0.1) is 0 Å². The molecule has 0 saturated carbocycles. The molecule has 2 amide bonds. The summed E-state index contributed by atoms with van der Waals surface area (Å²) in [5.41, 5.74) is -0.0435. The predicted molar refractivity (Wildman–Crippen MR) is 84.3 cm³/mol. The van der Waals surface area contributed by atoms with Crippen LogP contribution in [-0.2, 0) is 6.54 Å². The Balaban J connectivity index is 2.45. The second kappa shape index (κ2) is 7.83. The van der Waals surface area contributed by atoms with Crippen molar-refractivity contribution in [2.75, 3.05) is 25.5 Å². The lowest BCUT2D eigenvalue weighted by molar-refractivity contribution is 0.0349. The van der Waals surface area contributed by atoms with Gasteiger partial charge in [-0.2, -0.15) is 0 Å². The van der Waals surface area contributed by atoms with Gasteiger partial charge in [-0.05, 0) is 25.0 Å². The van der Waals surface area contributed by atoms with E-state index in [1.165, 1.54) is 0 Å². The van der Waals surface area contributed by atoms with Gasteiger partial charge in [-0.25, -0.2) is 9.78 Å². The first-order valence-corrected chi connectivity index (χ1v) is 7.27. The molecule has 0 spiro atoms. The molecule has 0 radical (unpaired) electrons. The van der Waals surface area contributed by atoms with Gasteiger partial charge in [-0.1, -0.05) is 19.9 Å². The number of aromatic nitrogens is 1. The van der Waals surface area contributed by atoms with Crippen molar-refractivity contribution in [2.45, 2.75) is 38.8 Å². The Labute approximate surface area is 126 Å². The lowest BCUT2D eigenvalue weighted by Gasteiger charge is -2.25. The molecule has 0 unspecified atom stereocenters. The molecule has 0 aromatic carbocycles. The number of nitrogens with one attached hydrogen (secondary N) is 2. The molecule has 0 aliphatic rings. The summed E-state index contributed by atoms with van der Waals surface area (Å²) in [6, 6.07) is 5.38. The number of pyridine rings is 1. The van der Waals surface area contributed by atoms with E-state index >= 15 is 0 Å². The molecule has 0 aliphatic heterocycles. The normalized spacial score (nSPS) is 11.1. The van der Waals surface area contributed by atoms with Crippen LogP contribution < -0.4 is 15.5 Å². The molecule has 0 aliphatic carbocycles. The van der Waals surface area contributed by atoms with Gasteiger partial charge < -0.3 is 20.6 Å². The van der Waals surface area contributed by atoms with Gasteiger partial charge in [0.15, 0.2) is 0 Å². The predicted octanol–water partition coefficient (Wildman–Crippen LogP) is 1.50. The Bertz CT molecular complexity index is 459. The number of rotatable bonds is 7. The molecule has 0 fully saturated rings. The van der Waals surface area contributed by atoms with Gasteiger partial charge in [0.2, 0.25) is 0 Å². The number of aliphatic hydroxyl groups is 1. The number of carbonyl (C=O) groups is 1. The van der Waals surface area contributed by atoms with Crippen molar-refractivity contribution < 1.29 is 9.90 Å². The Morgan fingerprint density at radius 2 is 1.95 bits per heavy atom. The van der Waals surface area contributed by atoms with E-state index in [1.54, 1.807) is 0 Å². The molecule has 6 nitrogen and oxygen atoms in total. The molecule has 118 valence electrons. The third kappa shape index (κ3) is 5.59. The molecule has 0 atom stereocenters. The number of amides is 2. The van der Waals surface area contributed by atoms with Crippen molar-refractivity contribution >= 4 is 11.8 Å². The van der Waals surface area contributed by atoms with Crippen LogP contribution in [0, 0.1) is 0 Å². The summed E-state index contributed by atoms with van der Waals surface area (Å²) in [6.45, 7) is 4.40. The standard InChI is InChI=1S/C15H26N4O2/c1-5-15(21,6-2)11-17-14(20)16-10-12-8-7-9-13(18-12)19(3)4/h7-9,21H,5-6,10-11H2,1-4H3,(H2,16,17,20). The lowest BCUT2D eigenvalue weighted by Crippen LogP contribution is -2.45. The summed E-state index contributed by atoms with van der Waals surface area (Å²) >= 11 is 0. The Kier molecular flexibility index (Phi) is 6.42. The summed E-state index contributed by atoms with van der Waals surface area (Å²) in [6.07, 6.45) is 1.21. The third-order valence-electron chi connectivity index (χ3n) is 3.57. The van der Waals surface area contributed by atoms with Crippen LogP contribution in [0.3, 0.4) is 0 Å². The van der Waals surface area contributed by atoms with Crippen LogP contribution >= 0.6 is 0 Å². The van der Waals surface area contributed by atoms with Gasteiger partial charge in [-0.3, -0.25) is 0 Å². The minimum atomic E-state index is -0.833. The van der Waals surface area contributed by atoms with E-state index in [4.69, 9.17) is 0 Å². The highest BCUT2D eigenvalue weighted by atomic mass is 16.3. The highest BCUT2D eigenvalue weighted by Gasteiger charge is 2.22. The topological polar surface area (TPSA) is 77.5 Å². The highest BCUT2D eigenvalue weighted by molar-refractivity contribution is 5.73. The van der Waals surface area contributed by atoms with E-state index in [2.05, 4.69) is 15.6 Å². The maximum absolute atomic E-state index is 11.7. The van der Waals surface area contributed by atoms with E-state index in [1.807, 2.05) is 51.0 Å². The van der Waals surface area contributed by atoms with E-state index in [0.717, 1.165) is 11.5 Å². The fourth-order valence-corrected chi connectivity index (χ4v) is 1.79. The van der Waals surface area contributed by atoms with Crippen LogP contribution in [0.4, 0.5) is 10.6 Å². The van der Waals surface area contributed by atoms with E-state index in [9.17, 15) is 9.90 Å². The Hall–Kier alpha value is -1.82. The average Bonchev–Trinajstić information content (AvgIpc) is 2.50. The fourth-order valence-electron chi connectivity index (χ4n) is 1.79. The van der Waals surface area contributed by atoms with Gasteiger partial charge >= 0.3 is 6.03 Å². The van der Waals surface area contributed by atoms with Crippen LogP contribution in [0.15, 0.2) is 18.2 Å². The van der Waals surface area contributed by atoms with E-state index in [0.29, 0.717) is 19.4 Å². The van der Waals surface area contributed by atoms with Gasteiger partial charge in [0.05, 0.1) is 17.8 Å². The second-order valence-corrected chi connectivity index (χ2v) is 5.35. The second-order valence-electron chi connectivity index (χ2n) is 5.35. The minimum Gasteiger partial charge on any atom is -0.388 e. The van der Waals surface area contributed by atoms with Gasteiger partial charge in [0, 0.05) is 20.6 Å². The average molecular weight is 294 g/mol. The molecule has 3 N–H and O–H groups in total. The molecule has 6 heteroatoms. The molecule has 1 aromatic heterocycles. The lowest BCUT2D eigenvalue weighted by atomic mass is 9.98. The number of nitrogens with zero attached hydrogens (tertiary/aromatic N) is 2. The quantitative estimate of drug-likeness (QED) is 0.712. The molecule has 1 heterocycles. The van der Waals surface area contributed by atoms with Crippen LogP contribution in [0.1, 0.15) is 32.4 Å². The number of anilines is 1. The van der Waals surface area contributed by atoms with Gasteiger partial charge in [0.1, 0.15) is 5.82 Å². The van der Waals surface area contributed by atoms with Crippen LogP contribution in [0.2, 0.25) is 0 Å². The zero-order chi connectivity index (χ0) is 15.9. The molecule has 1 aromatic rings. The largest absolute Gasteiger partial charge is 0.388 e. The number of urea groups is 1. The smallest absolute Gasteiger partial charge is 0.315 e. The van der Waals surface area contributed by atoms with Crippen molar-refractivity contribution in [1.29, 1.82) is 0 Å². The maximum atomic E-state index is 11.7. The minimum absolute atomic E-state index is 0.247. The maximum Gasteiger partial charge on any atom is 0.315 e. The van der Waals surface area contributed by atoms with Crippen molar-refractivity contribution in [1.82, 2.24) is 15.6 Å². The van der Waals surface area contributed by atoms with Crippen molar-refractivity contribution in [3.63, 3.8) is 0 Å². The van der Waals surface area contributed by atoms with E-state index < -0.39 is 5.60 Å². The summed E-state index contributed by atoms with van der Waals surface area (Å²) in [4.78, 5) is 18.1. The van der Waals surface area contributed by atoms with Gasteiger partial charge in [0.25, 0.3) is 0 Å². The van der Waals surface area contributed by atoms with Crippen LogP contribution in [0.25, 0.3) is 0 Å². The zero-order valence-electron chi connectivity index (χ0n) is 13.3. The first-order valence-electron chi connectivity index (χ1n) is 7.27.